The molecule has 0 saturated heterocycles. The molecule has 0 atom stereocenters. The Morgan fingerprint density at radius 3 is 2.04 bits per heavy atom. The van der Waals surface area contributed by atoms with Crippen molar-refractivity contribution in [3.05, 3.63) is 65.7 Å². The van der Waals surface area contributed by atoms with Gasteiger partial charge in [-0.25, -0.2) is 0 Å². The van der Waals surface area contributed by atoms with E-state index >= 15 is 0 Å². The van der Waals surface area contributed by atoms with Gasteiger partial charge >= 0.3 is 9.28 Å². The summed E-state index contributed by atoms with van der Waals surface area (Å²) in [7, 11) is -1.39. The Labute approximate surface area is 141 Å². The summed E-state index contributed by atoms with van der Waals surface area (Å²) in [6.45, 7) is 5.75. The van der Waals surface area contributed by atoms with E-state index in [1.54, 1.807) is 0 Å². The van der Waals surface area contributed by atoms with E-state index in [0.29, 0.717) is 0 Å². The molecule has 1 radical (unpaired) electrons. The molecule has 0 aliphatic heterocycles. The van der Waals surface area contributed by atoms with Crippen LogP contribution in [0.25, 0.3) is 12.2 Å². The maximum Gasteiger partial charge on any atom is 0.423 e. The number of rotatable bonds is 9. The number of hydrogen-bond acceptors (Lipinski definition) is 2. The second-order valence-corrected chi connectivity index (χ2v) is 7.08. The lowest BCUT2D eigenvalue weighted by atomic mass is 10.1. The van der Waals surface area contributed by atoms with Gasteiger partial charge in [-0.1, -0.05) is 80.6 Å². The van der Waals surface area contributed by atoms with Crippen LogP contribution < -0.4 is 5.19 Å². The molecule has 0 fully saturated rings. The van der Waals surface area contributed by atoms with Crippen molar-refractivity contribution < 1.29 is 8.85 Å². The molecule has 0 aliphatic carbocycles. The molecule has 0 unspecified atom stereocenters. The molecule has 0 bridgehead atoms. The first-order chi connectivity index (χ1) is 11.3. The van der Waals surface area contributed by atoms with Crippen LogP contribution in [0, 0.1) is 0 Å². The molecule has 121 valence electrons. The quantitative estimate of drug-likeness (QED) is 0.502. The van der Waals surface area contributed by atoms with Gasteiger partial charge in [0.25, 0.3) is 0 Å². The highest BCUT2D eigenvalue weighted by atomic mass is 28.3. The maximum atomic E-state index is 5.95. The minimum Gasteiger partial charge on any atom is -0.390 e. The van der Waals surface area contributed by atoms with E-state index in [1.807, 2.05) is 18.2 Å². The van der Waals surface area contributed by atoms with Gasteiger partial charge in [0, 0.05) is 13.2 Å². The van der Waals surface area contributed by atoms with Crippen molar-refractivity contribution in [2.45, 2.75) is 26.7 Å². The van der Waals surface area contributed by atoms with E-state index in [4.69, 9.17) is 8.85 Å². The van der Waals surface area contributed by atoms with Crippen molar-refractivity contribution in [3.63, 3.8) is 0 Å². The number of benzene rings is 2. The normalized spacial score (nSPS) is 11.4. The largest absolute Gasteiger partial charge is 0.423 e. The fraction of sp³-hybridized carbons (Fsp3) is 0.300. The van der Waals surface area contributed by atoms with Crippen LogP contribution in [0.4, 0.5) is 0 Å². The standard InChI is InChI=1S/C20H25O2Si/c1-3-15-21-23(22-16-4-2)20-12-8-11-19(17-20)14-13-18-9-6-5-7-10-18/h5-14,17H,3-4,15-16H2,1-2H3. The van der Waals surface area contributed by atoms with Gasteiger partial charge in [0.1, 0.15) is 0 Å². The molecule has 3 heteroatoms. The second-order valence-electron chi connectivity index (χ2n) is 5.35. The lowest BCUT2D eigenvalue weighted by molar-refractivity contribution is 0.207. The van der Waals surface area contributed by atoms with Crippen molar-refractivity contribution in [2.75, 3.05) is 13.2 Å². The van der Waals surface area contributed by atoms with E-state index < -0.39 is 9.28 Å². The Bertz CT molecular complexity index is 588. The van der Waals surface area contributed by atoms with E-state index in [1.165, 1.54) is 16.3 Å². The Balaban J connectivity index is 2.11. The molecule has 2 aromatic rings. The van der Waals surface area contributed by atoms with Crippen LogP contribution in [0.5, 0.6) is 0 Å². The van der Waals surface area contributed by atoms with Gasteiger partial charge in [-0.2, -0.15) is 0 Å². The Morgan fingerprint density at radius 2 is 1.39 bits per heavy atom. The van der Waals surface area contributed by atoms with E-state index in [0.717, 1.165) is 26.1 Å². The fourth-order valence-electron chi connectivity index (χ4n) is 2.12. The molecule has 0 saturated carbocycles. The third-order valence-electron chi connectivity index (χ3n) is 3.26. The van der Waals surface area contributed by atoms with Crippen molar-refractivity contribution in [1.82, 2.24) is 0 Å². The van der Waals surface area contributed by atoms with Crippen LogP contribution in [0.3, 0.4) is 0 Å². The molecule has 0 spiro atoms. The van der Waals surface area contributed by atoms with Crippen LogP contribution >= 0.6 is 0 Å². The van der Waals surface area contributed by atoms with Gasteiger partial charge in [0.05, 0.1) is 0 Å². The summed E-state index contributed by atoms with van der Waals surface area (Å²) in [4.78, 5) is 0. The first kappa shape index (κ1) is 17.7. The molecular formula is C20H25O2Si. The summed E-state index contributed by atoms with van der Waals surface area (Å²) in [6, 6.07) is 18.8. The molecule has 2 rings (SSSR count). The first-order valence-electron chi connectivity index (χ1n) is 8.29. The van der Waals surface area contributed by atoms with Crippen LogP contribution in [-0.4, -0.2) is 22.5 Å². The van der Waals surface area contributed by atoms with Gasteiger partial charge in [-0.3, -0.25) is 0 Å². The van der Waals surface area contributed by atoms with Crippen LogP contribution in [0.1, 0.15) is 37.8 Å². The highest BCUT2D eigenvalue weighted by Gasteiger charge is 2.18. The molecular weight excluding hydrogens is 300 g/mol. The molecule has 0 aliphatic rings. The van der Waals surface area contributed by atoms with Crippen LogP contribution in [0.2, 0.25) is 0 Å². The monoisotopic (exact) mass is 325 g/mol. The Morgan fingerprint density at radius 1 is 0.783 bits per heavy atom. The summed E-state index contributed by atoms with van der Waals surface area (Å²) in [5, 5.41) is 1.17. The zero-order chi connectivity index (χ0) is 16.3. The second kappa shape index (κ2) is 10.2. The van der Waals surface area contributed by atoms with Gasteiger partial charge in [-0.05, 0) is 29.2 Å². The molecule has 0 aromatic heterocycles. The molecule has 0 heterocycles. The van der Waals surface area contributed by atoms with Crippen molar-refractivity contribution in [3.8, 4) is 0 Å². The molecule has 2 nitrogen and oxygen atoms in total. The predicted molar refractivity (Wildman–Crippen MR) is 99.7 cm³/mol. The molecule has 2 aromatic carbocycles. The average molecular weight is 326 g/mol. The third kappa shape index (κ3) is 6.14. The summed E-state index contributed by atoms with van der Waals surface area (Å²) in [5.41, 5.74) is 2.38. The van der Waals surface area contributed by atoms with E-state index in [2.05, 4.69) is 62.4 Å². The minimum atomic E-state index is -1.39. The third-order valence-corrected chi connectivity index (χ3v) is 4.98. The molecule has 0 N–H and O–H groups in total. The van der Waals surface area contributed by atoms with Crippen molar-refractivity contribution in [2.24, 2.45) is 0 Å². The minimum absolute atomic E-state index is 0.752. The smallest absolute Gasteiger partial charge is 0.390 e. The zero-order valence-electron chi connectivity index (χ0n) is 14.0. The van der Waals surface area contributed by atoms with E-state index in [9.17, 15) is 0 Å². The fourth-order valence-corrected chi connectivity index (χ4v) is 3.84. The van der Waals surface area contributed by atoms with Gasteiger partial charge in [-0.15, -0.1) is 0 Å². The lowest BCUT2D eigenvalue weighted by Gasteiger charge is -2.15. The summed E-state index contributed by atoms with van der Waals surface area (Å²) in [5.74, 6) is 0. The Kier molecular flexibility index (Phi) is 7.80. The van der Waals surface area contributed by atoms with Gasteiger partial charge in [0.15, 0.2) is 0 Å². The van der Waals surface area contributed by atoms with E-state index in [-0.39, 0.29) is 0 Å². The van der Waals surface area contributed by atoms with Crippen LogP contribution in [-0.2, 0) is 8.85 Å². The molecule has 0 amide bonds. The summed E-state index contributed by atoms with van der Waals surface area (Å²) in [6.07, 6.45) is 6.29. The average Bonchev–Trinajstić information content (AvgIpc) is 2.61. The lowest BCUT2D eigenvalue weighted by Crippen LogP contribution is -2.37. The maximum absolute atomic E-state index is 5.95. The van der Waals surface area contributed by atoms with Gasteiger partial charge < -0.3 is 8.85 Å². The predicted octanol–water partition coefficient (Wildman–Crippen LogP) is 4.41. The topological polar surface area (TPSA) is 18.5 Å². The Hall–Kier alpha value is -1.68. The summed E-state index contributed by atoms with van der Waals surface area (Å²) >= 11 is 0. The van der Waals surface area contributed by atoms with Crippen molar-refractivity contribution in [1.29, 1.82) is 0 Å². The SMILES string of the molecule is CCCO[Si](OCCC)c1cccc(C=Cc2ccccc2)c1. The first-order valence-corrected chi connectivity index (χ1v) is 9.61. The van der Waals surface area contributed by atoms with Gasteiger partial charge in [0.2, 0.25) is 0 Å². The molecule has 23 heavy (non-hydrogen) atoms. The summed E-state index contributed by atoms with van der Waals surface area (Å²) < 4.78 is 11.9. The van der Waals surface area contributed by atoms with Crippen molar-refractivity contribution >= 4 is 26.6 Å². The highest BCUT2D eigenvalue weighted by molar-refractivity contribution is 6.61. The number of hydrogen-bond donors (Lipinski definition) is 0. The van der Waals surface area contributed by atoms with Crippen LogP contribution in [0.15, 0.2) is 54.6 Å². The highest BCUT2D eigenvalue weighted by Crippen LogP contribution is 2.08. The zero-order valence-corrected chi connectivity index (χ0v) is 15.0.